The van der Waals surface area contributed by atoms with Crippen molar-refractivity contribution in [2.24, 2.45) is 0 Å². The average Bonchev–Trinajstić information content (AvgIpc) is 3.06. The van der Waals surface area contributed by atoms with Gasteiger partial charge < -0.3 is 29.4 Å². The van der Waals surface area contributed by atoms with Crippen molar-refractivity contribution in [3.63, 3.8) is 0 Å². The van der Waals surface area contributed by atoms with Crippen molar-refractivity contribution in [3.8, 4) is 22.8 Å². The number of carbonyl (C=O) groups excluding carboxylic acids is 1. The molecule has 0 aliphatic carbocycles. The molecule has 1 saturated heterocycles. The van der Waals surface area contributed by atoms with E-state index >= 15 is 0 Å². The number of phenolic OH excluding ortho intramolecular Hbond substituents is 1. The summed E-state index contributed by atoms with van der Waals surface area (Å²) >= 11 is 6.41. The molecule has 48 heavy (non-hydrogen) atoms. The van der Waals surface area contributed by atoms with Crippen LogP contribution in [0.5, 0.6) is 11.5 Å². The number of hydrogen-bond acceptors (Lipinski definition) is 6. The van der Waals surface area contributed by atoms with Gasteiger partial charge >= 0.3 is 6.16 Å². The number of quaternary nitrogens is 1. The summed E-state index contributed by atoms with van der Waals surface area (Å²) in [5.41, 5.74) is 0.560. The Morgan fingerprint density at radius 3 is 2.46 bits per heavy atom. The van der Waals surface area contributed by atoms with Crippen molar-refractivity contribution in [3.05, 3.63) is 81.5 Å². The number of hydrogen-bond donors (Lipinski definition) is 2. The van der Waals surface area contributed by atoms with E-state index in [4.69, 9.17) is 30.6 Å². The van der Waals surface area contributed by atoms with Crippen LogP contribution in [0.15, 0.2) is 69.9 Å². The molecule has 3 aromatic rings. The van der Waals surface area contributed by atoms with Gasteiger partial charge in [0.25, 0.3) is 0 Å². The molecule has 0 radical (unpaired) electrons. The number of nitrogens with two attached hydrogens (primary N) is 1. The van der Waals surface area contributed by atoms with Gasteiger partial charge in [0.2, 0.25) is 6.10 Å². The third kappa shape index (κ3) is 11.0. The summed E-state index contributed by atoms with van der Waals surface area (Å²) in [6.07, 6.45) is 21.6. The number of halogens is 1. The van der Waals surface area contributed by atoms with E-state index < -0.39 is 23.6 Å². The maximum absolute atomic E-state index is 13.3. The zero-order chi connectivity index (χ0) is 34.1. The maximum Gasteiger partial charge on any atom is 0.513 e. The van der Waals surface area contributed by atoms with Crippen molar-refractivity contribution in [2.75, 3.05) is 19.7 Å². The molecular weight excluding hydrogens is 630 g/mol. The number of rotatable bonds is 18. The normalized spacial score (nSPS) is 16.6. The number of allylic oxidation sites excluding steroid dienone is 4. The Morgan fingerprint density at radius 1 is 1.02 bits per heavy atom. The topological polar surface area (TPSA) is 125 Å². The van der Waals surface area contributed by atoms with Gasteiger partial charge in [-0.3, -0.25) is 4.79 Å². The Kier molecular flexibility index (Phi) is 15.5. The Bertz CT molecular complexity index is 1580. The van der Waals surface area contributed by atoms with Crippen LogP contribution < -0.4 is 15.5 Å². The molecular formula is C39H52ClNO7+2. The van der Waals surface area contributed by atoms with Gasteiger partial charge in [-0.05, 0) is 50.7 Å². The van der Waals surface area contributed by atoms with Gasteiger partial charge in [0, 0.05) is 24.1 Å². The van der Waals surface area contributed by atoms with E-state index in [-0.39, 0.29) is 34.8 Å². The molecule has 0 bridgehead atoms. The fraction of sp³-hybridized carbons (Fsp3) is 0.487. The van der Waals surface area contributed by atoms with Crippen LogP contribution in [0.1, 0.15) is 102 Å². The lowest BCUT2D eigenvalue weighted by molar-refractivity contribution is -0.670. The van der Waals surface area contributed by atoms with Crippen LogP contribution >= 0.6 is 11.6 Å². The van der Waals surface area contributed by atoms with E-state index in [0.717, 1.165) is 45.1 Å². The maximum atomic E-state index is 13.3. The molecule has 9 heteroatoms. The van der Waals surface area contributed by atoms with Gasteiger partial charge in [-0.1, -0.05) is 93.5 Å². The highest BCUT2D eigenvalue weighted by molar-refractivity contribution is 6.33. The number of benzene rings is 2. The second-order valence-electron chi connectivity index (χ2n) is 12.6. The van der Waals surface area contributed by atoms with Gasteiger partial charge in [0.1, 0.15) is 34.8 Å². The monoisotopic (exact) mass is 681 g/mol. The fourth-order valence-corrected chi connectivity index (χ4v) is 6.44. The summed E-state index contributed by atoms with van der Waals surface area (Å²) in [6, 6.07) is 9.55. The zero-order valence-corrected chi connectivity index (χ0v) is 28.9. The Morgan fingerprint density at radius 2 is 1.73 bits per heavy atom. The first kappa shape index (κ1) is 37.2. The Balaban J connectivity index is 1.31. The number of carbonyl (C=O) groups is 1. The second-order valence-corrected chi connectivity index (χ2v) is 13.0. The van der Waals surface area contributed by atoms with Gasteiger partial charge in [-0.15, -0.1) is 0 Å². The summed E-state index contributed by atoms with van der Waals surface area (Å²) in [5, 5.41) is 22.1. The first-order chi connectivity index (χ1) is 23.4. The molecule has 1 fully saturated rings. The van der Waals surface area contributed by atoms with Crippen LogP contribution in [-0.4, -0.2) is 42.2 Å². The van der Waals surface area contributed by atoms with Crippen LogP contribution in [0.3, 0.4) is 0 Å². The van der Waals surface area contributed by atoms with E-state index in [0.29, 0.717) is 29.1 Å². The molecule has 2 atom stereocenters. The number of aromatic hydroxyl groups is 1. The van der Waals surface area contributed by atoms with Crippen LogP contribution in [0, 0.1) is 0 Å². The predicted octanol–water partition coefficient (Wildman–Crippen LogP) is 8.29. The number of fused-ring (bicyclic) bond motifs is 1. The first-order valence-corrected chi connectivity index (χ1v) is 18.0. The van der Waals surface area contributed by atoms with Gasteiger partial charge in [-0.25, -0.2) is 4.79 Å². The second kappa shape index (κ2) is 20.0. The summed E-state index contributed by atoms with van der Waals surface area (Å²) in [7, 11) is 0. The highest BCUT2D eigenvalue weighted by Crippen LogP contribution is 2.43. The van der Waals surface area contributed by atoms with Crippen molar-refractivity contribution in [1.29, 1.82) is 0 Å². The van der Waals surface area contributed by atoms with E-state index in [1.807, 2.05) is 0 Å². The summed E-state index contributed by atoms with van der Waals surface area (Å²) in [5.74, 6) is -0.506. The largest absolute Gasteiger partial charge is 0.513 e. The summed E-state index contributed by atoms with van der Waals surface area (Å²) < 4.78 is 17.3. The molecule has 2 aromatic carbocycles. The lowest BCUT2D eigenvalue weighted by atomic mass is 9.86. The van der Waals surface area contributed by atoms with Crippen molar-refractivity contribution < 1.29 is 34.2 Å². The number of ether oxygens (including phenoxy) is 2. The van der Waals surface area contributed by atoms with E-state index in [1.54, 1.807) is 24.3 Å². The Labute approximate surface area is 288 Å². The predicted molar refractivity (Wildman–Crippen MR) is 192 cm³/mol. The number of phenols is 1. The van der Waals surface area contributed by atoms with Crippen LogP contribution in [0.25, 0.3) is 22.3 Å². The standard InChI is InChI=1S/C39H50ClNO7/c1-2-3-4-5-6-7-8-9-10-11-12-13-14-15-16-19-24-46-39(45)48-35-26-32(43)37-31(42)25-34(28-20-17-18-21-30(28)40)47-38(37)36(35)29-22-23-41-27-33(29)44/h6-7,9-10,17-18,20-21,25-26,29,33,41,43-44H,2-5,8,11-16,19,22-24,27H2,1H3/p+2. The molecule has 4 rings (SSSR count). The van der Waals surface area contributed by atoms with E-state index in [2.05, 4.69) is 36.5 Å². The molecule has 0 saturated carbocycles. The molecule has 1 aromatic heterocycles. The van der Waals surface area contributed by atoms with Crippen LogP contribution in [0.2, 0.25) is 5.02 Å². The lowest BCUT2D eigenvalue weighted by Gasteiger charge is -2.25. The minimum absolute atomic E-state index is 0.0235. The SMILES string of the molecule is CCCCCC=CCC=CCCCCCCCCOC(=O)Oc1cc(O)c2c(=O)cc(-c3ccccc3Cl)oc2c1C1CC[NH2+]CC1[OH2+]. The summed E-state index contributed by atoms with van der Waals surface area (Å²) in [4.78, 5) is 26.1. The van der Waals surface area contributed by atoms with E-state index in [9.17, 15) is 14.7 Å². The van der Waals surface area contributed by atoms with Crippen LogP contribution in [-0.2, 0) is 4.74 Å². The molecule has 1 aliphatic heterocycles. The molecule has 0 spiro atoms. The van der Waals surface area contributed by atoms with Gasteiger partial charge in [-0.2, -0.15) is 0 Å². The molecule has 5 N–H and O–H groups in total. The van der Waals surface area contributed by atoms with Crippen molar-refractivity contribution >= 4 is 28.7 Å². The zero-order valence-electron chi connectivity index (χ0n) is 28.2. The Hall–Kier alpha value is -3.59. The third-order valence-corrected chi connectivity index (χ3v) is 9.17. The third-order valence-electron chi connectivity index (χ3n) is 8.84. The quantitative estimate of drug-likeness (QED) is 0.0457. The first-order valence-electron chi connectivity index (χ1n) is 17.7. The van der Waals surface area contributed by atoms with Gasteiger partial charge in [0.05, 0.1) is 29.7 Å². The molecule has 0 amide bonds. The average molecular weight is 682 g/mol. The molecule has 1 aliphatic rings. The minimum atomic E-state index is -0.897. The molecule has 2 unspecified atom stereocenters. The van der Waals surface area contributed by atoms with Crippen molar-refractivity contribution in [1.82, 2.24) is 0 Å². The van der Waals surface area contributed by atoms with Gasteiger partial charge in [0.15, 0.2) is 5.43 Å². The smallest absolute Gasteiger partial charge is 0.507 e. The summed E-state index contributed by atoms with van der Waals surface area (Å²) in [6.45, 7) is 3.74. The van der Waals surface area contributed by atoms with Crippen molar-refractivity contribution in [2.45, 2.75) is 102 Å². The fourth-order valence-electron chi connectivity index (χ4n) is 6.21. The lowest BCUT2D eigenvalue weighted by Crippen LogP contribution is -2.88. The number of piperidine rings is 1. The molecule has 260 valence electrons. The molecule has 2 heterocycles. The van der Waals surface area contributed by atoms with Crippen LogP contribution in [0.4, 0.5) is 4.79 Å². The molecule has 8 nitrogen and oxygen atoms in total. The highest BCUT2D eigenvalue weighted by Gasteiger charge is 2.37. The minimum Gasteiger partial charge on any atom is -0.507 e. The van der Waals surface area contributed by atoms with E-state index in [1.165, 1.54) is 50.7 Å². The number of unbranched alkanes of at least 4 members (excludes halogenated alkanes) is 9. The highest BCUT2D eigenvalue weighted by atomic mass is 35.5.